The number of esters is 1. The van der Waals surface area contributed by atoms with Crippen molar-refractivity contribution in [2.24, 2.45) is 0 Å². The summed E-state index contributed by atoms with van der Waals surface area (Å²) in [4.78, 5) is 11.7. The van der Waals surface area contributed by atoms with Crippen LogP contribution in [0.25, 0.3) is 0 Å². The molecule has 0 N–H and O–H groups in total. The van der Waals surface area contributed by atoms with Gasteiger partial charge in [-0.05, 0) is 18.9 Å². The van der Waals surface area contributed by atoms with Gasteiger partial charge in [0.1, 0.15) is 17.4 Å². The van der Waals surface area contributed by atoms with Crippen molar-refractivity contribution in [3.05, 3.63) is 42.0 Å². The number of hydrogen-bond acceptors (Lipinski definition) is 3. The first kappa shape index (κ1) is 10.7. The summed E-state index contributed by atoms with van der Waals surface area (Å²) in [7, 11) is 1.56. The Balaban J connectivity index is 2.35. The number of carbonyl (C=O) groups is 1. The van der Waals surface area contributed by atoms with E-state index in [-0.39, 0.29) is 12.1 Å². The number of allylic oxidation sites excluding steroid dienone is 1. The standard InChI is InChI=1S/C13H14O3/c1-3-4-7-10-9-6-5-8-11(15-2)12(9)13(14)16-10/h3,5-6,8,10H,1,4,7H2,2H3/t10-/m0/s1. The largest absolute Gasteiger partial charge is 0.496 e. The molecule has 0 saturated carbocycles. The van der Waals surface area contributed by atoms with E-state index >= 15 is 0 Å². The summed E-state index contributed by atoms with van der Waals surface area (Å²) in [5.41, 5.74) is 1.49. The quantitative estimate of drug-likeness (QED) is 0.575. The van der Waals surface area contributed by atoms with Gasteiger partial charge in [0.15, 0.2) is 0 Å². The number of hydrogen-bond donors (Lipinski definition) is 0. The number of fused-ring (bicyclic) bond motifs is 1. The molecule has 16 heavy (non-hydrogen) atoms. The van der Waals surface area contributed by atoms with Gasteiger partial charge in [0.05, 0.1) is 7.11 Å². The maximum atomic E-state index is 11.7. The van der Waals surface area contributed by atoms with Gasteiger partial charge in [-0.2, -0.15) is 0 Å². The minimum Gasteiger partial charge on any atom is -0.496 e. The first-order chi connectivity index (χ1) is 7.77. The average Bonchev–Trinajstić information content (AvgIpc) is 2.64. The molecule has 0 spiro atoms. The van der Waals surface area contributed by atoms with E-state index in [1.54, 1.807) is 13.2 Å². The molecule has 0 bridgehead atoms. The molecule has 0 amide bonds. The highest BCUT2D eigenvalue weighted by molar-refractivity contribution is 5.97. The van der Waals surface area contributed by atoms with E-state index in [2.05, 4.69) is 6.58 Å². The van der Waals surface area contributed by atoms with Crippen molar-refractivity contribution >= 4 is 5.97 Å². The smallest absolute Gasteiger partial charge is 0.342 e. The van der Waals surface area contributed by atoms with Crippen LogP contribution >= 0.6 is 0 Å². The fraction of sp³-hybridized carbons (Fsp3) is 0.308. The normalized spacial score (nSPS) is 17.8. The van der Waals surface area contributed by atoms with E-state index in [0.29, 0.717) is 11.3 Å². The summed E-state index contributed by atoms with van der Waals surface area (Å²) in [6.07, 6.45) is 3.27. The first-order valence-electron chi connectivity index (χ1n) is 5.26. The molecule has 1 aliphatic rings. The van der Waals surface area contributed by atoms with Crippen molar-refractivity contribution in [3.8, 4) is 5.75 Å². The molecule has 84 valence electrons. The van der Waals surface area contributed by atoms with Crippen LogP contribution in [-0.4, -0.2) is 13.1 Å². The van der Waals surface area contributed by atoms with Crippen LogP contribution in [0.3, 0.4) is 0 Å². The van der Waals surface area contributed by atoms with Crippen LogP contribution in [0.15, 0.2) is 30.9 Å². The molecule has 1 aliphatic heterocycles. The van der Waals surface area contributed by atoms with Crippen molar-refractivity contribution in [2.75, 3.05) is 7.11 Å². The second-order valence-electron chi connectivity index (χ2n) is 3.68. The molecular formula is C13H14O3. The molecule has 1 atom stereocenters. The topological polar surface area (TPSA) is 35.5 Å². The average molecular weight is 218 g/mol. The Bertz CT molecular complexity index is 423. The fourth-order valence-electron chi connectivity index (χ4n) is 1.94. The van der Waals surface area contributed by atoms with Gasteiger partial charge in [-0.15, -0.1) is 6.58 Å². The molecule has 1 heterocycles. The number of ether oxygens (including phenoxy) is 2. The van der Waals surface area contributed by atoms with Crippen LogP contribution in [0.2, 0.25) is 0 Å². The molecular weight excluding hydrogens is 204 g/mol. The molecule has 0 aromatic heterocycles. The zero-order valence-corrected chi connectivity index (χ0v) is 9.23. The second kappa shape index (κ2) is 4.39. The van der Waals surface area contributed by atoms with Crippen LogP contribution < -0.4 is 4.74 Å². The van der Waals surface area contributed by atoms with E-state index in [1.165, 1.54) is 0 Å². The molecule has 0 fully saturated rings. The summed E-state index contributed by atoms with van der Waals surface area (Å²) in [6.45, 7) is 3.67. The van der Waals surface area contributed by atoms with Gasteiger partial charge in [0, 0.05) is 5.56 Å². The lowest BCUT2D eigenvalue weighted by Crippen LogP contribution is -1.98. The van der Waals surface area contributed by atoms with E-state index in [0.717, 1.165) is 18.4 Å². The maximum Gasteiger partial charge on any atom is 0.342 e. The van der Waals surface area contributed by atoms with Gasteiger partial charge in [-0.3, -0.25) is 0 Å². The number of benzene rings is 1. The van der Waals surface area contributed by atoms with Crippen molar-refractivity contribution in [2.45, 2.75) is 18.9 Å². The number of rotatable bonds is 4. The Hall–Kier alpha value is -1.77. The monoisotopic (exact) mass is 218 g/mol. The van der Waals surface area contributed by atoms with Gasteiger partial charge in [-0.25, -0.2) is 4.79 Å². The van der Waals surface area contributed by atoms with Gasteiger partial charge in [-0.1, -0.05) is 18.2 Å². The van der Waals surface area contributed by atoms with Gasteiger partial charge >= 0.3 is 5.97 Å². The third kappa shape index (κ3) is 1.69. The minimum absolute atomic E-state index is 0.157. The van der Waals surface area contributed by atoms with Crippen molar-refractivity contribution in [3.63, 3.8) is 0 Å². The van der Waals surface area contributed by atoms with Gasteiger partial charge in [0.2, 0.25) is 0 Å². The van der Waals surface area contributed by atoms with E-state index in [1.807, 2.05) is 18.2 Å². The lowest BCUT2D eigenvalue weighted by molar-refractivity contribution is 0.0369. The van der Waals surface area contributed by atoms with E-state index in [9.17, 15) is 4.79 Å². The summed E-state index contributed by atoms with van der Waals surface area (Å²) in [5, 5.41) is 0. The Kier molecular flexibility index (Phi) is 2.95. The van der Waals surface area contributed by atoms with Crippen LogP contribution in [0, 0.1) is 0 Å². The Morgan fingerprint density at radius 1 is 1.56 bits per heavy atom. The molecule has 3 nitrogen and oxygen atoms in total. The van der Waals surface area contributed by atoms with Crippen LogP contribution in [-0.2, 0) is 4.74 Å². The van der Waals surface area contributed by atoms with Crippen LogP contribution in [0.4, 0.5) is 0 Å². The molecule has 0 aliphatic carbocycles. The van der Waals surface area contributed by atoms with Crippen LogP contribution in [0.5, 0.6) is 5.75 Å². The summed E-state index contributed by atoms with van der Waals surface area (Å²) in [5.74, 6) is 0.296. The third-order valence-corrected chi connectivity index (χ3v) is 2.71. The molecule has 1 aromatic carbocycles. The maximum absolute atomic E-state index is 11.7. The predicted octanol–water partition coefficient (Wildman–Crippen LogP) is 2.87. The molecule has 0 saturated heterocycles. The molecule has 3 heteroatoms. The Morgan fingerprint density at radius 3 is 3.06 bits per heavy atom. The molecule has 2 rings (SSSR count). The fourth-order valence-corrected chi connectivity index (χ4v) is 1.94. The lowest BCUT2D eigenvalue weighted by Gasteiger charge is -2.08. The highest BCUT2D eigenvalue weighted by atomic mass is 16.6. The highest BCUT2D eigenvalue weighted by Crippen LogP contribution is 2.38. The lowest BCUT2D eigenvalue weighted by atomic mass is 10.0. The molecule has 1 aromatic rings. The first-order valence-corrected chi connectivity index (χ1v) is 5.26. The van der Waals surface area contributed by atoms with Crippen molar-refractivity contribution in [1.29, 1.82) is 0 Å². The van der Waals surface area contributed by atoms with Gasteiger partial charge in [0.25, 0.3) is 0 Å². The summed E-state index contributed by atoms with van der Waals surface area (Å²) < 4.78 is 10.5. The van der Waals surface area contributed by atoms with Crippen molar-refractivity contribution < 1.29 is 14.3 Å². The zero-order valence-electron chi connectivity index (χ0n) is 9.23. The van der Waals surface area contributed by atoms with Gasteiger partial charge < -0.3 is 9.47 Å². The van der Waals surface area contributed by atoms with E-state index in [4.69, 9.17) is 9.47 Å². The SMILES string of the molecule is C=CCC[C@@H]1OC(=O)c2c(OC)cccc21. The Labute approximate surface area is 94.7 Å². The number of cyclic esters (lactones) is 1. The molecule has 0 radical (unpaired) electrons. The molecule has 0 unspecified atom stereocenters. The zero-order chi connectivity index (χ0) is 11.5. The summed E-state index contributed by atoms with van der Waals surface area (Å²) >= 11 is 0. The second-order valence-corrected chi connectivity index (χ2v) is 3.68. The number of carbonyl (C=O) groups excluding carboxylic acids is 1. The van der Waals surface area contributed by atoms with E-state index < -0.39 is 0 Å². The number of methoxy groups -OCH3 is 1. The highest BCUT2D eigenvalue weighted by Gasteiger charge is 2.33. The Morgan fingerprint density at radius 2 is 2.38 bits per heavy atom. The third-order valence-electron chi connectivity index (χ3n) is 2.71. The van der Waals surface area contributed by atoms with Crippen LogP contribution in [0.1, 0.15) is 34.9 Å². The predicted molar refractivity (Wildman–Crippen MR) is 60.6 cm³/mol. The minimum atomic E-state index is -0.290. The summed E-state index contributed by atoms with van der Waals surface area (Å²) in [6, 6.07) is 5.56. The van der Waals surface area contributed by atoms with Crippen molar-refractivity contribution in [1.82, 2.24) is 0 Å².